The van der Waals surface area contributed by atoms with E-state index >= 15 is 0 Å². The minimum Gasteiger partial charge on any atom is -0.504 e. The van der Waals surface area contributed by atoms with Gasteiger partial charge in [0.25, 0.3) is 0 Å². The van der Waals surface area contributed by atoms with Crippen molar-refractivity contribution in [1.29, 1.82) is 0 Å². The Bertz CT molecular complexity index is 564. The second kappa shape index (κ2) is 6.33. The Labute approximate surface area is 120 Å². The van der Waals surface area contributed by atoms with E-state index < -0.39 is 0 Å². The van der Waals surface area contributed by atoms with Gasteiger partial charge in [0.2, 0.25) is 0 Å². The van der Waals surface area contributed by atoms with Gasteiger partial charge in [-0.05, 0) is 36.6 Å². The van der Waals surface area contributed by atoms with Crippen LogP contribution < -0.4 is 10.1 Å². The highest BCUT2D eigenvalue weighted by Crippen LogP contribution is 2.30. The summed E-state index contributed by atoms with van der Waals surface area (Å²) < 4.78 is 5.04. The van der Waals surface area contributed by atoms with Crippen molar-refractivity contribution in [2.45, 2.75) is 26.3 Å². The summed E-state index contributed by atoms with van der Waals surface area (Å²) in [4.78, 5) is 0. The van der Waals surface area contributed by atoms with Crippen LogP contribution in [0.15, 0.2) is 42.5 Å². The number of anilines is 1. The van der Waals surface area contributed by atoms with Crippen molar-refractivity contribution in [2.24, 2.45) is 0 Å². The zero-order valence-corrected chi connectivity index (χ0v) is 12.2. The zero-order chi connectivity index (χ0) is 14.5. The zero-order valence-electron chi connectivity index (χ0n) is 12.2. The predicted octanol–water partition coefficient (Wildman–Crippen LogP) is 4.14. The number of methoxy groups -OCH3 is 1. The average molecular weight is 271 g/mol. The molecule has 0 heterocycles. The topological polar surface area (TPSA) is 41.5 Å². The van der Waals surface area contributed by atoms with E-state index in [2.05, 4.69) is 43.4 Å². The number of phenolic OH excluding ortho intramolecular Hbond substituents is 1. The second-order valence-corrected chi connectivity index (χ2v) is 4.85. The molecule has 0 bridgehead atoms. The molecule has 3 nitrogen and oxygen atoms in total. The third-order valence-electron chi connectivity index (χ3n) is 3.45. The van der Waals surface area contributed by atoms with Gasteiger partial charge in [-0.15, -0.1) is 0 Å². The van der Waals surface area contributed by atoms with Gasteiger partial charge < -0.3 is 15.2 Å². The van der Waals surface area contributed by atoms with Gasteiger partial charge in [-0.3, -0.25) is 0 Å². The number of benzene rings is 2. The number of ether oxygens (including phenoxy) is 1. The molecule has 0 saturated heterocycles. The maximum atomic E-state index is 9.78. The number of rotatable bonds is 5. The Morgan fingerprint density at radius 3 is 2.40 bits per heavy atom. The molecule has 106 valence electrons. The van der Waals surface area contributed by atoms with E-state index in [0.717, 1.165) is 12.1 Å². The standard InChI is InChI=1S/C17H21NO2/c1-4-13-5-7-14(8-6-13)12(2)18-15-9-10-17(20-3)16(19)11-15/h5-12,18-19H,4H2,1-3H3. The summed E-state index contributed by atoms with van der Waals surface area (Å²) >= 11 is 0. The molecule has 2 rings (SSSR count). The molecule has 0 saturated carbocycles. The molecule has 2 aromatic carbocycles. The summed E-state index contributed by atoms with van der Waals surface area (Å²) in [5.74, 6) is 0.626. The van der Waals surface area contributed by atoms with Crippen molar-refractivity contribution in [1.82, 2.24) is 0 Å². The van der Waals surface area contributed by atoms with Crippen LogP contribution in [-0.2, 0) is 6.42 Å². The van der Waals surface area contributed by atoms with Crippen molar-refractivity contribution in [3.63, 3.8) is 0 Å². The monoisotopic (exact) mass is 271 g/mol. The Balaban J connectivity index is 2.10. The van der Waals surface area contributed by atoms with Crippen LogP contribution in [0.2, 0.25) is 0 Å². The van der Waals surface area contributed by atoms with Crippen LogP contribution in [0.25, 0.3) is 0 Å². The minimum atomic E-state index is 0.144. The van der Waals surface area contributed by atoms with Crippen LogP contribution in [0.1, 0.15) is 31.0 Å². The highest BCUT2D eigenvalue weighted by atomic mass is 16.5. The SMILES string of the molecule is CCc1ccc(C(C)Nc2ccc(OC)c(O)c2)cc1. The first-order valence-electron chi connectivity index (χ1n) is 6.86. The number of aromatic hydroxyl groups is 1. The molecule has 20 heavy (non-hydrogen) atoms. The molecule has 2 N–H and O–H groups in total. The van der Waals surface area contributed by atoms with Gasteiger partial charge in [0, 0.05) is 17.8 Å². The molecule has 0 aromatic heterocycles. The molecule has 0 aliphatic heterocycles. The van der Waals surface area contributed by atoms with Crippen molar-refractivity contribution in [3.8, 4) is 11.5 Å². The number of hydrogen-bond donors (Lipinski definition) is 2. The van der Waals surface area contributed by atoms with E-state index in [-0.39, 0.29) is 11.8 Å². The highest BCUT2D eigenvalue weighted by molar-refractivity contribution is 5.55. The maximum Gasteiger partial charge on any atom is 0.160 e. The van der Waals surface area contributed by atoms with Gasteiger partial charge >= 0.3 is 0 Å². The fourth-order valence-electron chi connectivity index (χ4n) is 2.16. The Morgan fingerprint density at radius 1 is 1.15 bits per heavy atom. The first-order valence-corrected chi connectivity index (χ1v) is 6.86. The molecule has 1 unspecified atom stereocenters. The molecule has 0 spiro atoms. The third kappa shape index (κ3) is 3.23. The molecule has 1 atom stereocenters. The quantitative estimate of drug-likeness (QED) is 0.859. The lowest BCUT2D eigenvalue weighted by atomic mass is 10.0. The smallest absolute Gasteiger partial charge is 0.160 e. The molecule has 0 aliphatic carbocycles. The van der Waals surface area contributed by atoms with Gasteiger partial charge in [-0.25, -0.2) is 0 Å². The number of nitrogens with one attached hydrogen (secondary N) is 1. The lowest BCUT2D eigenvalue weighted by molar-refractivity contribution is 0.373. The Morgan fingerprint density at radius 2 is 1.85 bits per heavy atom. The molecule has 0 amide bonds. The number of hydrogen-bond acceptors (Lipinski definition) is 3. The van der Waals surface area contributed by atoms with E-state index in [0.29, 0.717) is 5.75 Å². The molecule has 3 heteroatoms. The Hall–Kier alpha value is -2.16. The average Bonchev–Trinajstić information content (AvgIpc) is 2.47. The van der Waals surface area contributed by atoms with Crippen molar-refractivity contribution >= 4 is 5.69 Å². The Kier molecular flexibility index (Phi) is 4.51. The lowest BCUT2D eigenvalue weighted by Crippen LogP contribution is -2.06. The van der Waals surface area contributed by atoms with Crippen LogP contribution in [-0.4, -0.2) is 12.2 Å². The summed E-state index contributed by atoms with van der Waals surface area (Å²) in [6.45, 7) is 4.25. The summed E-state index contributed by atoms with van der Waals surface area (Å²) in [6, 6.07) is 14.1. The highest BCUT2D eigenvalue weighted by Gasteiger charge is 2.07. The van der Waals surface area contributed by atoms with Crippen LogP contribution in [0.4, 0.5) is 5.69 Å². The van der Waals surface area contributed by atoms with Gasteiger partial charge in [0.15, 0.2) is 11.5 Å². The first-order chi connectivity index (χ1) is 9.63. The summed E-state index contributed by atoms with van der Waals surface area (Å²) in [7, 11) is 1.54. The van der Waals surface area contributed by atoms with Crippen molar-refractivity contribution < 1.29 is 9.84 Å². The second-order valence-electron chi connectivity index (χ2n) is 4.85. The van der Waals surface area contributed by atoms with Gasteiger partial charge in [0.1, 0.15) is 0 Å². The van der Waals surface area contributed by atoms with Gasteiger partial charge in [0.05, 0.1) is 7.11 Å². The molecule has 2 aromatic rings. The third-order valence-corrected chi connectivity index (χ3v) is 3.45. The fourth-order valence-corrected chi connectivity index (χ4v) is 2.16. The van der Waals surface area contributed by atoms with E-state index in [4.69, 9.17) is 4.74 Å². The van der Waals surface area contributed by atoms with Gasteiger partial charge in [-0.2, -0.15) is 0 Å². The van der Waals surface area contributed by atoms with Crippen LogP contribution in [0, 0.1) is 0 Å². The lowest BCUT2D eigenvalue weighted by Gasteiger charge is -2.17. The first kappa shape index (κ1) is 14.3. The maximum absolute atomic E-state index is 9.78. The molecular formula is C17H21NO2. The largest absolute Gasteiger partial charge is 0.504 e. The summed E-state index contributed by atoms with van der Waals surface area (Å²) in [6.07, 6.45) is 1.05. The van der Waals surface area contributed by atoms with E-state index in [1.54, 1.807) is 19.2 Å². The summed E-state index contributed by atoms with van der Waals surface area (Å²) in [5, 5.41) is 13.2. The van der Waals surface area contributed by atoms with Crippen LogP contribution >= 0.6 is 0 Å². The number of aryl methyl sites for hydroxylation is 1. The van der Waals surface area contributed by atoms with Crippen molar-refractivity contribution in [3.05, 3.63) is 53.6 Å². The fraction of sp³-hybridized carbons (Fsp3) is 0.294. The van der Waals surface area contributed by atoms with Crippen LogP contribution in [0.5, 0.6) is 11.5 Å². The summed E-state index contributed by atoms with van der Waals surface area (Å²) in [5.41, 5.74) is 3.43. The molecular weight excluding hydrogens is 250 g/mol. The van der Waals surface area contributed by atoms with E-state index in [9.17, 15) is 5.11 Å². The molecule has 0 fully saturated rings. The van der Waals surface area contributed by atoms with Gasteiger partial charge in [-0.1, -0.05) is 31.2 Å². The predicted molar refractivity (Wildman–Crippen MR) is 82.5 cm³/mol. The van der Waals surface area contributed by atoms with E-state index in [1.807, 2.05) is 6.07 Å². The molecule has 0 aliphatic rings. The van der Waals surface area contributed by atoms with Crippen LogP contribution in [0.3, 0.4) is 0 Å². The number of phenols is 1. The normalized spacial score (nSPS) is 11.9. The minimum absolute atomic E-state index is 0.144. The van der Waals surface area contributed by atoms with Crippen molar-refractivity contribution in [2.75, 3.05) is 12.4 Å². The molecule has 0 radical (unpaired) electrons. The van der Waals surface area contributed by atoms with E-state index in [1.165, 1.54) is 11.1 Å².